The van der Waals surface area contributed by atoms with E-state index in [1.165, 1.54) is 76.8 Å². The van der Waals surface area contributed by atoms with Crippen LogP contribution in [0, 0.1) is 0 Å². The van der Waals surface area contributed by atoms with Gasteiger partial charge in [-0.25, -0.2) is 0 Å². The second-order valence-corrected chi connectivity index (χ2v) is 11.5. The minimum Gasteiger partial charge on any atom is -0.356 e. The van der Waals surface area contributed by atoms with Crippen molar-refractivity contribution in [2.24, 2.45) is 0 Å². The number of anilines is 2. The van der Waals surface area contributed by atoms with Crippen LogP contribution in [0.5, 0.6) is 0 Å². The molecule has 0 heterocycles. The lowest BCUT2D eigenvalue weighted by atomic mass is 9.97. The van der Waals surface area contributed by atoms with Gasteiger partial charge in [-0.3, -0.25) is 0 Å². The number of hydrogen-bond acceptors (Lipinski definition) is 1. The van der Waals surface area contributed by atoms with Gasteiger partial charge in [-0.1, -0.05) is 121 Å². The van der Waals surface area contributed by atoms with Gasteiger partial charge in [-0.05, 0) is 113 Å². The van der Waals surface area contributed by atoms with Gasteiger partial charge in [-0.15, -0.1) is 0 Å². The van der Waals surface area contributed by atoms with Crippen molar-refractivity contribution in [1.82, 2.24) is 0 Å². The molecule has 9 rings (SSSR count). The highest BCUT2D eigenvalue weighted by Gasteiger charge is 2.21. The van der Waals surface area contributed by atoms with Gasteiger partial charge in [0.25, 0.3) is 0 Å². The summed E-state index contributed by atoms with van der Waals surface area (Å²) in [5.41, 5.74) is 12.3. The number of hydrogen-bond donors (Lipinski definition) is 1. The smallest absolute Gasteiger partial charge is 0.0390 e. The fourth-order valence-electron chi connectivity index (χ4n) is 6.85. The molecule has 1 N–H and O–H groups in total. The maximum atomic E-state index is 3.63. The van der Waals surface area contributed by atoms with E-state index in [1.807, 2.05) is 0 Å². The number of nitrogens with one attached hydrogen (secondary N) is 1. The molecule has 1 aliphatic rings. The topological polar surface area (TPSA) is 12.0 Å². The Morgan fingerprint density at radius 1 is 0.302 bits per heavy atom. The summed E-state index contributed by atoms with van der Waals surface area (Å²) < 4.78 is 0. The summed E-state index contributed by atoms with van der Waals surface area (Å²) in [5, 5.41) is 11.4. The van der Waals surface area contributed by atoms with Crippen LogP contribution >= 0.6 is 0 Å². The zero-order chi connectivity index (χ0) is 28.3. The second kappa shape index (κ2) is 9.44. The van der Waals surface area contributed by atoms with Crippen LogP contribution in [-0.2, 0) is 0 Å². The van der Waals surface area contributed by atoms with Crippen LogP contribution in [0.3, 0.4) is 0 Å². The highest BCUT2D eigenvalue weighted by molar-refractivity contribution is 6.15. The molecule has 0 aliphatic heterocycles. The zero-order valence-corrected chi connectivity index (χ0v) is 23.5. The van der Waals surface area contributed by atoms with Crippen molar-refractivity contribution in [3.63, 3.8) is 0 Å². The first-order valence-electron chi connectivity index (χ1n) is 14.8. The average Bonchev–Trinajstić information content (AvgIpc) is 3.39. The normalized spacial score (nSPS) is 11.7. The quantitative estimate of drug-likeness (QED) is 0.217. The molecule has 1 heteroatoms. The highest BCUT2D eigenvalue weighted by Crippen LogP contribution is 2.48. The van der Waals surface area contributed by atoms with Crippen molar-refractivity contribution in [3.8, 4) is 44.5 Å². The largest absolute Gasteiger partial charge is 0.356 e. The molecule has 0 radical (unpaired) electrons. The molecule has 0 aromatic heterocycles. The first kappa shape index (κ1) is 24.0. The minimum atomic E-state index is 1.07. The molecule has 0 bridgehead atoms. The Hall–Kier alpha value is -5.66. The summed E-state index contributed by atoms with van der Waals surface area (Å²) in [6.07, 6.45) is 0. The van der Waals surface area contributed by atoms with E-state index < -0.39 is 0 Å². The fraction of sp³-hybridized carbons (Fsp3) is 0. The van der Waals surface area contributed by atoms with E-state index in [9.17, 15) is 0 Å². The van der Waals surface area contributed by atoms with Crippen molar-refractivity contribution >= 4 is 43.7 Å². The fourth-order valence-corrected chi connectivity index (χ4v) is 6.85. The first-order chi connectivity index (χ1) is 21.3. The van der Waals surface area contributed by atoms with Crippen LogP contribution in [0.1, 0.15) is 0 Å². The van der Waals surface area contributed by atoms with Crippen LogP contribution in [0.25, 0.3) is 76.8 Å². The van der Waals surface area contributed by atoms with Crippen molar-refractivity contribution in [2.45, 2.75) is 0 Å². The van der Waals surface area contributed by atoms with E-state index in [-0.39, 0.29) is 0 Å². The van der Waals surface area contributed by atoms with Gasteiger partial charge in [-0.2, -0.15) is 0 Å². The van der Waals surface area contributed by atoms with Crippen molar-refractivity contribution in [1.29, 1.82) is 0 Å². The molecule has 200 valence electrons. The van der Waals surface area contributed by atoms with Gasteiger partial charge in [0, 0.05) is 11.4 Å². The molecular formula is C42H27N. The minimum absolute atomic E-state index is 1.07. The Morgan fingerprint density at radius 2 is 0.953 bits per heavy atom. The molecule has 0 amide bonds. The van der Waals surface area contributed by atoms with Crippen molar-refractivity contribution in [3.05, 3.63) is 158 Å². The lowest BCUT2D eigenvalue weighted by Gasteiger charge is -2.11. The molecule has 1 aliphatic carbocycles. The van der Waals surface area contributed by atoms with E-state index >= 15 is 0 Å². The molecule has 0 fully saturated rings. The summed E-state index contributed by atoms with van der Waals surface area (Å²) in [7, 11) is 0. The van der Waals surface area contributed by atoms with Crippen LogP contribution in [0.4, 0.5) is 11.4 Å². The summed E-state index contributed by atoms with van der Waals surface area (Å²) in [5.74, 6) is 0. The molecular weight excluding hydrogens is 518 g/mol. The molecule has 0 saturated heterocycles. The predicted molar refractivity (Wildman–Crippen MR) is 184 cm³/mol. The van der Waals surface area contributed by atoms with Gasteiger partial charge in [0.2, 0.25) is 0 Å². The third-order valence-electron chi connectivity index (χ3n) is 8.95. The van der Waals surface area contributed by atoms with E-state index in [0.29, 0.717) is 0 Å². The standard InChI is InChI=1S/C42H27N/c1-2-11-36-28(6-1)14-15-33-24-31(18-22-37(33)36)27-16-20-34(21-17-27)43-35-10-3-9-30(25-35)32-19-23-38-39-12-4-7-29-8-5-13-40(42(29)39)41(38)26-32/h1-26,43H. The molecule has 0 atom stereocenters. The van der Waals surface area contributed by atoms with E-state index in [0.717, 1.165) is 11.4 Å². The van der Waals surface area contributed by atoms with Gasteiger partial charge in [0.15, 0.2) is 0 Å². The lowest BCUT2D eigenvalue weighted by Crippen LogP contribution is -1.91. The summed E-state index contributed by atoms with van der Waals surface area (Å²) in [6.45, 7) is 0. The van der Waals surface area contributed by atoms with Gasteiger partial charge in [0.05, 0.1) is 0 Å². The Balaban J connectivity index is 0.991. The predicted octanol–water partition coefficient (Wildman–Crippen LogP) is 11.9. The number of fused-ring (bicyclic) bond motifs is 6. The molecule has 8 aromatic rings. The SMILES string of the molecule is c1cc(Nc2ccc(-c3ccc4c(ccc5ccccc54)c3)cc2)cc(-c2ccc3c(c2)-c2cccc4cccc-3c24)c1. The van der Waals surface area contributed by atoms with Gasteiger partial charge >= 0.3 is 0 Å². The Morgan fingerprint density at radius 3 is 1.84 bits per heavy atom. The molecule has 0 saturated carbocycles. The Labute approximate surface area is 250 Å². The zero-order valence-electron chi connectivity index (χ0n) is 23.5. The summed E-state index contributed by atoms with van der Waals surface area (Å²) in [4.78, 5) is 0. The van der Waals surface area contributed by atoms with Crippen LogP contribution in [0.2, 0.25) is 0 Å². The van der Waals surface area contributed by atoms with Crippen LogP contribution in [-0.4, -0.2) is 0 Å². The van der Waals surface area contributed by atoms with E-state index in [1.54, 1.807) is 0 Å². The third kappa shape index (κ3) is 3.94. The van der Waals surface area contributed by atoms with Crippen LogP contribution < -0.4 is 5.32 Å². The average molecular weight is 546 g/mol. The van der Waals surface area contributed by atoms with E-state index in [4.69, 9.17) is 0 Å². The lowest BCUT2D eigenvalue weighted by molar-refractivity contribution is 1.53. The number of benzene rings is 8. The van der Waals surface area contributed by atoms with E-state index in [2.05, 4.69) is 163 Å². The monoisotopic (exact) mass is 545 g/mol. The summed E-state index contributed by atoms with van der Waals surface area (Å²) in [6, 6.07) is 57.4. The maximum absolute atomic E-state index is 3.63. The molecule has 0 unspecified atom stereocenters. The second-order valence-electron chi connectivity index (χ2n) is 11.5. The Kier molecular flexibility index (Phi) is 5.27. The molecule has 0 spiro atoms. The summed E-state index contributed by atoms with van der Waals surface area (Å²) >= 11 is 0. The highest BCUT2D eigenvalue weighted by atomic mass is 14.9. The third-order valence-corrected chi connectivity index (χ3v) is 8.95. The van der Waals surface area contributed by atoms with Gasteiger partial charge < -0.3 is 5.32 Å². The molecule has 1 nitrogen and oxygen atoms in total. The first-order valence-corrected chi connectivity index (χ1v) is 14.8. The Bertz CT molecular complexity index is 2360. The molecule has 43 heavy (non-hydrogen) atoms. The van der Waals surface area contributed by atoms with Crippen LogP contribution in [0.15, 0.2) is 158 Å². The number of rotatable bonds is 4. The van der Waals surface area contributed by atoms with Crippen molar-refractivity contribution in [2.75, 3.05) is 5.32 Å². The molecule has 8 aromatic carbocycles. The van der Waals surface area contributed by atoms with Crippen molar-refractivity contribution < 1.29 is 0 Å². The maximum Gasteiger partial charge on any atom is 0.0390 e. The van der Waals surface area contributed by atoms with Gasteiger partial charge in [0.1, 0.15) is 0 Å².